The first-order chi connectivity index (χ1) is 15.5. The van der Waals surface area contributed by atoms with Gasteiger partial charge in [-0.25, -0.2) is 0 Å². The van der Waals surface area contributed by atoms with Crippen molar-refractivity contribution in [2.24, 2.45) is 5.92 Å². The summed E-state index contributed by atoms with van der Waals surface area (Å²) in [6, 6.07) is 9.09. The maximum Gasteiger partial charge on any atom is 0.254 e. The van der Waals surface area contributed by atoms with E-state index in [0.717, 1.165) is 12.0 Å². The zero-order chi connectivity index (χ0) is 22.9. The summed E-state index contributed by atoms with van der Waals surface area (Å²) in [7, 11) is 0. The number of carbonyl (C=O) groups excluding carboxylic acids is 2. The molecule has 172 valence electrons. The van der Waals surface area contributed by atoms with Gasteiger partial charge in [0.15, 0.2) is 11.5 Å². The van der Waals surface area contributed by atoms with Gasteiger partial charge in [-0.05, 0) is 55.2 Å². The van der Waals surface area contributed by atoms with Crippen LogP contribution in [-0.4, -0.2) is 59.4 Å². The van der Waals surface area contributed by atoms with Gasteiger partial charge in [0, 0.05) is 50.6 Å². The maximum atomic E-state index is 13.1. The van der Waals surface area contributed by atoms with E-state index in [2.05, 4.69) is 18.8 Å². The number of carbonyl (C=O) groups is 2. The summed E-state index contributed by atoms with van der Waals surface area (Å²) in [6.07, 6.45) is 4.92. The fourth-order valence-corrected chi connectivity index (χ4v) is 3.58. The Morgan fingerprint density at radius 2 is 1.66 bits per heavy atom. The lowest BCUT2D eigenvalue weighted by Gasteiger charge is -2.35. The first kappa shape index (κ1) is 23.6. The van der Waals surface area contributed by atoms with Crippen LogP contribution in [0.1, 0.15) is 49.5 Å². The molecule has 7 heteroatoms. The maximum absolute atomic E-state index is 13.1. The first-order valence-corrected chi connectivity index (χ1v) is 11.3. The summed E-state index contributed by atoms with van der Waals surface area (Å²) in [4.78, 5) is 33.1. The van der Waals surface area contributed by atoms with Crippen LogP contribution in [0.2, 0.25) is 0 Å². The second-order valence-electron chi connectivity index (χ2n) is 8.34. The van der Waals surface area contributed by atoms with Crippen molar-refractivity contribution in [1.29, 1.82) is 0 Å². The molecule has 0 atom stereocenters. The fourth-order valence-electron chi connectivity index (χ4n) is 3.58. The summed E-state index contributed by atoms with van der Waals surface area (Å²) in [5, 5.41) is 0. The van der Waals surface area contributed by atoms with E-state index in [1.54, 1.807) is 35.5 Å². The molecular weight excluding hydrogens is 406 g/mol. The van der Waals surface area contributed by atoms with Crippen molar-refractivity contribution in [3.05, 3.63) is 53.9 Å². The molecule has 7 nitrogen and oxygen atoms in total. The van der Waals surface area contributed by atoms with Gasteiger partial charge in [0.1, 0.15) is 6.61 Å². The minimum Gasteiger partial charge on any atom is -0.490 e. The highest BCUT2D eigenvalue weighted by Gasteiger charge is 2.25. The molecule has 1 aliphatic heterocycles. The predicted octanol–water partition coefficient (Wildman–Crippen LogP) is 3.78. The number of ether oxygens (including phenoxy) is 2. The van der Waals surface area contributed by atoms with E-state index in [-0.39, 0.29) is 11.8 Å². The minimum atomic E-state index is -0.0547. The van der Waals surface area contributed by atoms with Crippen LogP contribution in [0, 0.1) is 5.92 Å². The zero-order valence-corrected chi connectivity index (χ0v) is 19.3. The molecule has 0 N–H and O–H groups in total. The number of nitrogens with zero attached hydrogens (tertiary/aromatic N) is 3. The lowest BCUT2D eigenvalue weighted by atomic mass is 10.1. The molecule has 0 spiro atoms. The molecule has 0 aliphatic carbocycles. The number of rotatable bonds is 9. The van der Waals surface area contributed by atoms with Gasteiger partial charge in [-0.2, -0.15) is 0 Å². The van der Waals surface area contributed by atoms with Gasteiger partial charge in [-0.1, -0.05) is 13.8 Å². The van der Waals surface area contributed by atoms with E-state index in [1.165, 1.54) is 0 Å². The highest BCUT2D eigenvalue weighted by Crippen LogP contribution is 2.30. The molecule has 32 heavy (non-hydrogen) atoms. The lowest BCUT2D eigenvalue weighted by Crippen LogP contribution is -2.50. The predicted molar refractivity (Wildman–Crippen MR) is 123 cm³/mol. The Balaban J connectivity index is 1.60. The number of pyridine rings is 1. The molecule has 1 aromatic carbocycles. The number of benzene rings is 1. The standard InChI is InChI=1S/C25H33N3O4/c1-4-31-23-17-21(6-7-22(23)32-18-20-9-11-26-12-10-20)25(30)28-15-13-27(14-16-28)24(29)8-5-19(2)3/h6-7,9-12,17,19H,4-5,8,13-16,18H2,1-3H3. The van der Waals surface area contributed by atoms with Gasteiger partial charge < -0.3 is 19.3 Å². The molecular formula is C25H33N3O4. The molecule has 2 heterocycles. The molecule has 0 bridgehead atoms. The Bertz CT molecular complexity index is 893. The Labute approximate surface area is 190 Å². The van der Waals surface area contributed by atoms with Crippen molar-refractivity contribution < 1.29 is 19.1 Å². The number of aromatic nitrogens is 1. The molecule has 1 fully saturated rings. The fraction of sp³-hybridized carbons (Fsp3) is 0.480. The van der Waals surface area contributed by atoms with Crippen LogP contribution in [0.5, 0.6) is 11.5 Å². The highest BCUT2D eigenvalue weighted by atomic mass is 16.5. The van der Waals surface area contributed by atoms with Gasteiger partial charge in [-0.3, -0.25) is 14.6 Å². The molecule has 0 radical (unpaired) electrons. The van der Waals surface area contributed by atoms with Crippen LogP contribution in [0.15, 0.2) is 42.7 Å². The normalized spacial score (nSPS) is 13.9. The molecule has 3 rings (SSSR count). The third-order valence-corrected chi connectivity index (χ3v) is 5.49. The Hall–Kier alpha value is -3.09. The van der Waals surface area contributed by atoms with Crippen molar-refractivity contribution in [3.63, 3.8) is 0 Å². The van der Waals surface area contributed by atoms with Crippen molar-refractivity contribution >= 4 is 11.8 Å². The van der Waals surface area contributed by atoms with Crippen LogP contribution in [-0.2, 0) is 11.4 Å². The van der Waals surface area contributed by atoms with Crippen molar-refractivity contribution in [2.75, 3.05) is 32.8 Å². The average molecular weight is 440 g/mol. The van der Waals surface area contributed by atoms with E-state index in [9.17, 15) is 9.59 Å². The van der Waals surface area contributed by atoms with Gasteiger partial charge in [0.05, 0.1) is 6.61 Å². The summed E-state index contributed by atoms with van der Waals surface area (Å²) in [6.45, 7) is 9.24. The van der Waals surface area contributed by atoms with E-state index in [0.29, 0.717) is 68.8 Å². The lowest BCUT2D eigenvalue weighted by molar-refractivity contribution is -0.132. The highest BCUT2D eigenvalue weighted by molar-refractivity contribution is 5.95. The quantitative estimate of drug-likeness (QED) is 0.595. The smallest absolute Gasteiger partial charge is 0.254 e. The summed E-state index contributed by atoms with van der Waals surface area (Å²) in [5.74, 6) is 1.79. The van der Waals surface area contributed by atoms with Gasteiger partial charge in [0.2, 0.25) is 5.91 Å². The molecule has 2 aromatic rings. The molecule has 0 unspecified atom stereocenters. The number of hydrogen-bond donors (Lipinski definition) is 0. The molecule has 1 aromatic heterocycles. The number of piperazine rings is 1. The topological polar surface area (TPSA) is 72.0 Å². The molecule has 1 saturated heterocycles. The van der Waals surface area contributed by atoms with Gasteiger partial charge in [0.25, 0.3) is 5.91 Å². The van der Waals surface area contributed by atoms with Gasteiger partial charge in [-0.15, -0.1) is 0 Å². The second kappa shape index (κ2) is 11.5. The second-order valence-corrected chi connectivity index (χ2v) is 8.34. The van der Waals surface area contributed by atoms with E-state index in [4.69, 9.17) is 9.47 Å². The zero-order valence-electron chi connectivity index (χ0n) is 19.3. The third-order valence-electron chi connectivity index (χ3n) is 5.49. The van der Waals surface area contributed by atoms with Crippen LogP contribution < -0.4 is 9.47 Å². The number of amides is 2. The Morgan fingerprint density at radius 3 is 2.31 bits per heavy atom. The van der Waals surface area contributed by atoms with Crippen LogP contribution in [0.4, 0.5) is 0 Å². The van der Waals surface area contributed by atoms with E-state index < -0.39 is 0 Å². The van der Waals surface area contributed by atoms with E-state index in [1.807, 2.05) is 24.0 Å². The average Bonchev–Trinajstić information content (AvgIpc) is 2.82. The summed E-state index contributed by atoms with van der Waals surface area (Å²) in [5.41, 5.74) is 1.56. The van der Waals surface area contributed by atoms with Crippen LogP contribution in [0.3, 0.4) is 0 Å². The van der Waals surface area contributed by atoms with Crippen molar-refractivity contribution in [1.82, 2.24) is 14.8 Å². The summed E-state index contributed by atoms with van der Waals surface area (Å²) >= 11 is 0. The van der Waals surface area contributed by atoms with Gasteiger partial charge >= 0.3 is 0 Å². The Morgan fingerprint density at radius 1 is 0.969 bits per heavy atom. The monoisotopic (exact) mass is 439 g/mol. The Kier molecular flexibility index (Phi) is 8.48. The third kappa shape index (κ3) is 6.45. The van der Waals surface area contributed by atoms with Crippen LogP contribution in [0.25, 0.3) is 0 Å². The SMILES string of the molecule is CCOc1cc(C(=O)N2CCN(C(=O)CCC(C)C)CC2)ccc1OCc1ccncc1. The van der Waals surface area contributed by atoms with Crippen molar-refractivity contribution in [2.45, 2.75) is 40.2 Å². The summed E-state index contributed by atoms with van der Waals surface area (Å²) < 4.78 is 11.7. The van der Waals surface area contributed by atoms with Crippen molar-refractivity contribution in [3.8, 4) is 11.5 Å². The van der Waals surface area contributed by atoms with E-state index >= 15 is 0 Å². The largest absolute Gasteiger partial charge is 0.490 e. The number of hydrogen-bond acceptors (Lipinski definition) is 5. The first-order valence-electron chi connectivity index (χ1n) is 11.3. The minimum absolute atomic E-state index is 0.0547. The molecule has 0 saturated carbocycles. The molecule has 2 amide bonds. The molecule has 1 aliphatic rings. The van der Waals surface area contributed by atoms with Crippen LogP contribution >= 0.6 is 0 Å².